The van der Waals surface area contributed by atoms with Crippen LogP contribution in [0.4, 0.5) is 0 Å². The molecule has 2 atom stereocenters. The van der Waals surface area contributed by atoms with Gasteiger partial charge in [0.05, 0.1) is 18.2 Å². The number of rotatable bonds is 6. The lowest BCUT2D eigenvalue weighted by Crippen LogP contribution is -2.55. The van der Waals surface area contributed by atoms with Crippen LogP contribution in [0.1, 0.15) is 34.1 Å². The number of nitriles is 1. The molecule has 1 amide bonds. The fraction of sp³-hybridized carbons (Fsp3) is 0.867. The van der Waals surface area contributed by atoms with Crippen molar-refractivity contribution in [1.29, 1.82) is 5.26 Å². The van der Waals surface area contributed by atoms with E-state index in [1.165, 1.54) is 0 Å². The predicted molar refractivity (Wildman–Crippen MR) is 80.1 cm³/mol. The molecule has 20 heavy (non-hydrogen) atoms. The summed E-state index contributed by atoms with van der Waals surface area (Å²) in [6.07, 6.45) is 0.862. The van der Waals surface area contributed by atoms with E-state index in [9.17, 15) is 4.79 Å². The quantitative estimate of drug-likeness (QED) is 0.790. The first-order valence-corrected chi connectivity index (χ1v) is 7.65. The lowest BCUT2D eigenvalue weighted by atomic mass is 10.1. The standard InChI is InChI=1S/C15H28N4O/c1-5-14(10-16)19-8-6-18(7-9-19)13(4)15(20)17-11-12(2)3/h12-14H,5-9,11H2,1-4H3,(H,17,20). The molecule has 0 bridgehead atoms. The summed E-state index contributed by atoms with van der Waals surface area (Å²) in [5.41, 5.74) is 0. The van der Waals surface area contributed by atoms with Crippen molar-refractivity contribution in [3.8, 4) is 6.07 Å². The molecule has 1 saturated heterocycles. The van der Waals surface area contributed by atoms with Gasteiger partial charge in [0, 0.05) is 32.7 Å². The highest BCUT2D eigenvalue weighted by molar-refractivity contribution is 5.81. The summed E-state index contributed by atoms with van der Waals surface area (Å²) >= 11 is 0. The Bertz CT molecular complexity index is 342. The van der Waals surface area contributed by atoms with E-state index in [4.69, 9.17) is 5.26 Å². The average Bonchev–Trinajstić information content (AvgIpc) is 2.46. The Kier molecular flexibility index (Phi) is 6.97. The summed E-state index contributed by atoms with van der Waals surface area (Å²) in [4.78, 5) is 16.5. The van der Waals surface area contributed by atoms with Gasteiger partial charge in [0.1, 0.15) is 0 Å². The Morgan fingerprint density at radius 2 is 1.75 bits per heavy atom. The normalized spacial score (nSPS) is 20.4. The summed E-state index contributed by atoms with van der Waals surface area (Å²) in [5.74, 6) is 0.586. The smallest absolute Gasteiger partial charge is 0.237 e. The summed E-state index contributed by atoms with van der Waals surface area (Å²) < 4.78 is 0. The highest BCUT2D eigenvalue weighted by atomic mass is 16.2. The van der Waals surface area contributed by atoms with Gasteiger partial charge in [-0.05, 0) is 19.3 Å². The maximum absolute atomic E-state index is 12.1. The first-order chi connectivity index (χ1) is 9.49. The fourth-order valence-electron chi connectivity index (χ4n) is 2.49. The molecule has 0 aliphatic carbocycles. The first kappa shape index (κ1) is 16.9. The zero-order valence-corrected chi connectivity index (χ0v) is 13.2. The monoisotopic (exact) mass is 280 g/mol. The van der Waals surface area contributed by atoms with Crippen molar-refractivity contribution in [2.45, 2.75) is 46.2 Å². The van der Waals surface area contributed by atoms with Gasteiger partial charge < -0.3 is 5.32 Å². The van der Waals surface area contributed by atoms with E-state index in [-0.39, 0.29) is 18.0 Å². The minimum absolute atomic E-state index is 0.0159. The number of nitrogens with one attached hydrogen (secondary N) is 1. The molecular formula is C15H28N4O. The molecule has 1 aliphatic heterocycles. The molecule has 0 radical (unpaired) electrons. The van der Waals surface area contributed by atoms with Crippen molar-refractivity contribution in [2.24, 2.45) is 5.92 Å². The Morgan fingerprint density at radius 3 is 2.20 bits per heavy atom. The lowest BCUT2D eigenvalue weighted by molar-refractivity contribution is -0.126. The van der Waals surface area contributed by atoms with Gasteiger partial charge in [0.25, 0.3) is 0 Å². The van der Waals surface area contributed by atoms with E-state index < -0.39 is 0 Å². The largest absolute Gasteiger partial charge is 0.354 e. The Hall–Kier alpha value is -1.12. The third kappa shape index (κ3) is 4.77. The molecule has 5 heteroatoms. The summed E-state index contributed by atoms with van der Waals surface area (Å²) in [6.45, 7) is 12.4. The summed E-state index contributed by atoms with van der Waals surface area (Å²) in [6, 6.07) is 2.28. The van der Waals surface area contributed by atoms with E-state index in [0.29, 0.717) is 5.92 Å². The maximum atomic E-state index is 12.1. The number of hydrogen-bond acceptors (Lipinski definition) is 4. The molecule has 0 aromatic heterocycles. The van der Waals surface area contributed by atoms with Gasteiger partial charge in [-0.15, -0.1) is 0 Å². The lowest BCUT2D eigenvalue weighted by Gasteiger charge is -2.39. The Morgan fingerprint density at radius 1 is 1.20 bits per heavy atom. The third-order valence-electron chi connectivity index (χ3n) is 3.94. The SMILES string of the molecule is CCC(C#N)N1CCN(C(C)C(=O)NCC(C)C)CC1. The van der Waals surface area contributed by atoms with E-state index in [1.807, 2.05) is 13.8 Å². The molecule has 0 spiro atoms. The molecular weight excluding hydrogens is 252 g/mol. The van der Waals surface area contributed by atoms with Crippen LogP contribution in [0.15, 0.2) is 0 Å². The molecule has 0 aromatic carbocycles. The molecule has 114 valence electrons. The number of carbonyl (C=O) groups excluding carboxylic acids is 1. The van der Waals surface area contributed by atoms with Crippen molar-refractivity contribution < 1.29 is 4.79 Å². The number of carbonyl (C=O) groups is 1. The second-order valence-electron chi connectivity index (χ2n) is 5.94. The van der Waals surface area contributed by atoms with E-state index in [2.05, 4.69) is 35.0 Å². The van der Waals surface area contributed by atoms with Gasteiger partial charge in [-0.2, -0.15) is 5.26 Å². The number of nitrogens with zero attached hydrogens (tertiary/aromatic N) is 3. The molecule has 2 unspecified atom stereocenters. The van der Waals surface area contributed by atoms with Crippen LogP contribution in [0.25, 0.3) is 0 Å². The van der Waals surface area contributed by atoms with Crippen LogP contribution >= 0.6 is 0 Å². The van der Waals surface area contributed by atoms with Crippen LogP contribution < -0.4 is 5.32 Å². The number of amides is 1. The van der Waals surface area contributed by atoms with Crippen molar-refractivity contribution in [3.63, 3.8) is 0 Å². The minimum atomic E-state index is -0.0851. The van der Waals surface area contributed by atoms with Gasteiger partial charge in [-0.1, -0.05) is 20.8 Å². The van der Waals surface area contributed by atoms with Gasteiger partial charge >= 0.3 is 0 Å². The topological polar surface area (TPSA) is 59.4 Å². The van der Waals surface area contributed by atoms with Crippen molar-refractivity contribution in [2.75, 3.05) is 32.7 Å². The highest BCUT2D eigenvalue weighted by Crippen LogP contribution is 2.11. The number of piperazine rings is 1. The molecule has 5 nitrogen and oxygen atoms in total. The minimum Gasteiger partial charge on any atom is -0.354 e. The molecule has 0 aromatic rings. The van der Waals surface area contributed by atoms with E-state index in [0.717, 1.165) is 39.1 Å². The molecule has 1 aliphatic rings. The Labute approximate surface area is 122 Å². The van der Waals surface area contributed by atoms with Gasteiger partial charge in [-0.3, -0.25) is 14.6 Å². The van der Waals surface area contributed by atoms with E-state index >= 15 is 0 Å². The van der Waals surface area contributed by atoms with Crippen LogP contribution in [-0.2, 0) is 4.79 Å². The fourth-order valence-corrected chi connectivity index (χ4v) is 2.49. The highest BCUT2D eigenvalue weighted by Gasteiger charge is 2.27. The van der Waals surface area contributed by atoms with Gasteiger partial charge in [0.15, 0.2) is 0 Å². The zero-order chi connectivity index (χ0) is 15.1. The van der Waals surface area contributed by atoms with Gasteiger partial charge in [0.2, 0.25) is 5.91 Å². The molecule has 1 fully saturated rings. The van der Waals surface area contributed by atoms with Crippen LogP contribution in [0.3, 0.4) is 0 Å². The predicted octanol–water partition coefficient (Wildman–Crippen LogP) is 1.07. The average molecular weight is 280 g/mol. The van der Waals surface area contributed by atoms with Crippen molar-refractivity contribution >= 4 is 5.91 Å². The van der Waals surface area contributed by atoms with Crippen LogP contribution in [0.2, 0.25) is 0 Å². The second-order valence-corrected chi connectivity index (χ2v) is 5.94. The second kappa shape index (κ2) is 8.23. The summed E-state index contributed by atoms with van der Waals surface area (Å²) in [7, 11) is 0. The molecule has 0 saturated carbocycles. The number of hydrogen-bond donors (Lipinski definition) is 1. The molecule has 1 N–H and O–H groups in total. The van der Waals surface area contributed by atoms with E-state index in [1.54, 1.807) is 0 Å². The van der Waals surface area contributed by atoms with Crippen molar-refractivity contribution in [1.82, 2.24) is 15.1 Å². The van der Waals surface area contributed by atoms with Crippen LogP contribution in [-0.4, -0.2) is 60.5 Å². The maximum Gasteiger partial charge on any atom is 0.237 e. The van der Waals surface area contributed by atoms with Crippen molar-refractivity contribution in [3.05, 3.63) is 0 Å². The Balaban J connectivity index is 2.41. The summed E-state index contributed by atoms with van der Waals surface area (Å²) in [5, 5.41) is 12.1. The first-order valence-electron chi connectivity index (χ1n) is 7.65. The molecule has 1 rings (SSSR count). The zero-order valence-electron chi connectivity index (χ0n) is 13.2. The third-order valence-corrected chi connectivity index (χ3v) is 3.94. The van der Waals surface area contributed by atoms with Gasteiger partial charge in [-0.25, -0.2) is 0 Å². The van der Waals surface area contributed by atoms with Crippen LogP contribution in [0.5, 0.6) is 0 Å². The van der Waals surface area contributed by atoms with Crippen LogP contribution in [0, 0.1) is 17.2 Å². The molecule has 1 heterocycles.